The Hall–Kier alpha value is -1.39. The van der Waals surface area contributed by atoms with E-state index in [4.69, 9.17) is 0 Å². The fraction of sp³-hybridized carbons (Fsp3) is 0.333. The van der Waals surface area contributed by atoms with Crippen LogP contribution in [-0.4, -0.2) is 21.6 Å². The van der Waals surface area contributed by atoms with E-state index in [2.05, 4.69) is 14.6 Å². The fourth-order valence-corrected chi connectivity index (χ4v) is 1.33. The van der Waals surface area contributed by atoms with Crippen molar-refractivity contribution in [3.05, 3.63) is 10.6 Å². The van der Waals surface area contributed by atoms with Crippen molar-refractivity contribution in [2.75, 3.05) is 0 Å². The van der Waals surface area contributed by atoms with E-state index in [9.17, 15) is 9.59 Å². The summed E-state index contributed by atoms with van der Waals surface area (Å²) in [5.41, 5.74) is 0.573. The summed E-state index contributed by atoms with van der Waals surface area (Å²) < 4.78 is 3.58. The monoisotopic (exact) mass is 183 g/mol. The molecule has 0 saturated heterocycles. The highest BCUT2D eigenvalue weighted by Gasteiger charge is 2.13. The van der Waals surface area contributed by atoms with Crippen LogP contribution in [0.2, 0.25) is 0 Å². The molecule has 1 aromatic rings. The third-order valence-corrected chi connectivity index (χ3v) is 1.99. The zero-order valence-corrected chi connectivity index (χ0v) is 7.09. The number of carbonyl (C=O) groups excluding carboxylic acids is 2. The average molecular weight is 183 g/mol. The van der Waals surface area contributed by atoms with Gasteiger partial charge < -0.3 is 0 Å². The number of nitrogens with zero attached hydrogens (tertiary/aromatic N) is 3. The highest BCUT2D eigenvalue weighted by molar-refractivity contribution is 7.08. The Morgan fingerprint density at radius 2 is 2.50 bits per heavy atom. The summed E-state index contributed by atoms with van der Waals surface area (Å²) in [4.78, 5) is 24.0. The lowest BCUT2D eigenvalue weighted by molar-refractivity contribution is 0.101. The Kier molecular flexibility index (Phi) is 2.79. The lowest BCUT2D eigenvalue weighted by Crippen LogP contribution is -1.95. The van der Waals surface area contributed by atoms with Crippen molar-refractivity contribution in [3.63, 3.8) is 0 Å². The molecule has 0 aliphatic heterocycles. The van der Waals surface area contributed by atoms with Crippen LogP contribution in [0.15, 0.2) is 4.99 Å². The van der Waals surface area contributed by atoms with E-state index in [1.165, 1.54) is 6.08 Å². The van der Waals surface area contributed by atoms with Crippen molar-refractivity contribution in [2.24, 2.45) is 4.99 Å². The minimum absolute atomic E-state index is 0.320. The zero-order valence-electron chi connectivity index (χ0n) is 6.27. The second-order valence-corrected chi connectivity index (χ2v) is 2.66. The highest BCUT2D eigenvalue weighted by atomic mass is 32.1. The first kappa shape index (κ1) is 8.70. The molecule has 1 aromatic heterocycles. The summed E-state index contributed by atoms with van der Waals surface area (Å²) in [6, 6.07) is 0. The quantitative estimate of drug-likeness (QED) is 0.496. The molecule has 0 fully saturated rings. The average Bonchev–Trinajstić information content (AvgIpc) is 2.51. The van der Waals surface area contributed by atoms with Crippen LogP contribution >= 0.6 is 11.5 Å². The fourth-order valence-electron chi connectivity index (χ4n) is 0.695. The molecule has 1 heterocycles. The molecular weight excluding hydrogens is 178 g/mol. The summed E-state index contributed by atoms with van der Waals surface area (Å²) in [5.74, 6) is -0.614. The molecular formula is C6H5N3O2S. The van der Waals surface area contributed by atoms with E-state index >= 15 is 0 Å². The van der Waals surface area contributed by atoms with Crippen LogP contribution in [0.5, 0.6) is 0 Å². The van der Waals surface area contributed by atoms with Gasteiger partial charge in [0.1, 0.15) is 4.88 Å². The second-order valence-electron chi connectivity index (χ2n) is 1.91. The van der Waals surface area contributed by atoms with E-state index in [1.807, 2.05) is 6.92 Å². The molecule has 1 rings (SSSR count). The van der Waals surface area contributed by atoms with Crippen molar-refractivity contribution in [1.29, 1.82) is 0 Å². The van der Waals surface area contributed by atoms with Gasteiger partial charge in [0.25, 0.3) is 0 Å². The molecule has 0 bridgehead atoms. The summed E-state index contributed by atoms with van der Waals surface area (Å²) in [5, 5.41) is 3.70. The largest absolute Gasteiger partial charge is 0.301 e. The first-order valence-electron chi connectivity index (χ1n) is 3.23. The van der Waals surface area contributed by atoms with Crippen LogP contribution in [-0.2, 0) is 11.2 Å². The number of isocyanates is 1. The molecule has 62 valence electrons. The number of aryl methyl sites for hydroxylation is 1. The lowest BCUT2D eigenvalue weighted by Gasteiger charge is -1.87. The predicted molar refractivity (Wildman–Crippen MR) is 41.7 cm³/mol. The van der Waals surface area contributed by atoms with E-state index in [0.29, 0.717) is 17.0 Å². The van der Waals surface area contributed by atoms with Gasteiger partial charge in [-0.2, -0.15) is 0 Å². The Morgan fingerprint density at radius 3 is 3.08 bits per heavy atom. The molecule has 0 saturated carbocycles. The summed E-state index contributed by atoms with van der Waals surface area (Å²) in [6.07, 6.45) is 1.79. The van der Waals surface area contributed by atoms with Crippen molar-refractivity contribution in [1.82, 2.24) is 9.59 Å². The van der Waals surface area contributed by atoms with Crippen molar-refractivity contribution < 1.29 is 9.59 Å². The minimum atomic E-state index is -0.614. The first-order chi connectivity index (χ1) is 5.79. The Bertz CT molecular complexity index is 340. The Morgan fingerprint density at radius 1 is 1.75 bits per heavy atom. The molecule has 0 N–H and O–H groups in total. The van der Waals surface area contributed by atoms with Crippen LogP contribution in [0.1, 0.15) is 22.3 Å². The molecule has 0 aliphatic rings. The Balaban J connectivity index is 3.01. The van der Waals surface area contributed by atoms with E-state index in [-0.39, 0.29) is 0 Å². The lowest BCUT2D eigenvalue weighted by atomic mass is 10.3. The van der Waals surface area contributed by atoms with Gasteiger partial charge in [-0.1, -0.05) is 11.4 Å². The van der Waals surface area contributed by atoms with E-state index in [0.717, 1.165) is 11.5 Å². The van der Waals surface area contributed by atoms with Crippen LogP contribution < -0.4 is 0 Å². The number of hydrogen-bond donors (Lipinski definition) is 0. The SMILES string of the molecule is CCc1nnsc1C(=O)N=C=O. The van der Waals surface area contributed by atoms with Crippen LogP contribution in [0.25, 0.3) is 0 Å². The van der Waals surface area contributed by atoms with Gasteiger partial charge in [0.05, 0.1) is 5.69 Å². The van der Waals surface area contributed by atoms with Crippen molar-refractivity contribution >= 4 is 23.5 Å². The van der Waals surface area contributed by atoms with Crippen LogP contribution in [0, 0.1) is 0 Å². The molecule has 0 atom stereocenters. The number of aliphatic imine (C=N–C) groups is 1. The molecule has 1 amide bonds. The number of amides is 1. The van der Waals surface area contributed by atoms with Crippen molar-refractivity contribution in [2.45, 2.75) is 13.3 Å². The number of hydrogen-bond acceptors (Lipinski definition) is 5. The van der Waals surface area contributed by atoms with Gasteiger partial charge in [-0.15, -0.1) is 10.1 Å². The normalized spacial score (nSPS) is 9.08. The number of carbonyl (C=O) groups is 1. The second kappa shape index (κ2) is 3.85. The molecule has 5 nitrogen and oxygen atoms in total. The third kappa shape index (κ3) is 1.61. The van der Waals surface area contributed by atoms with Gasteiger partial charge in [0, 0.05) is 0 Å². The highest BCUT2D eigenvalue weighted by Crippen LogP contribution is 2.11. The molecule has 0 aliphatic carbocycles. The van der Waals surface area contributed by atoms with Crippen LogP contribution in [0.3, 0.4) is 0 Å². The molecule has 0 unspecified atom stereocenters. The smallest absolute Gasteiger partial charge is 0.265 e. The number of aromatic nitrogens is 2. The molecule has 12 heavy (non-hydrogen) atoms. The van der Waals surface area contributed by atoms with E-state index in [1.54, 1.807) is 0 Å². The third-order valence-electron chi connectivity index (χ3n) is 1.23. The maximum atomic E-state index is 11.0. The molecule has 0 aromatic carbocycles. The van der Waals surface area contributed by atoms with Gasteiger partial charge in [-0.3, -0.25) is 4.79 Å². The zero-order chi connectivity index (χ0) is 8.97. The van der Waals surface area contributed by atoms with Gasteiger partial charge in [0.2, 0.25) is 6.08 Å². The maximum absolute atomic E-state index is 11.0. The predicted octanol–water partition coefficient (Wildman–Crippen LogP) is 0.577. The van der Waals surface area contributed by atoms with Gasteiger partial charge >= 0.3 is 5.91 Å². The van der Waals surface area contributed by atoms with Gasteiger partial charge in [0.15, 0.2) is 0 Å². The standard InChI is InChI=1S/C6H5N3O2S/c1-2-4-5(12-9-8-4)6(11)7-3-10/h2H2,1H3. The summed E-state index contributed by atoms with van der Waals surface area (Å²) in [7, 11) is 0. The Labute approximate surface area is 72.3 Å². The number of rotatable bonds is 2. The molecule has 6 heteroatoms. The summed E-state index contributed by atoms with van der Waals surface area (Å²) in [6.45, 7) is 1.85. The topological polar surface area (TPSA) is 72.3 Å². The molecule has 0 radical (unpaired) electrons. The molecule has 0 spiro atoms. The van der Waals surface area contributed by atoms with Crippen molar-refractivity contribution in [3.8, 4) is 0 Å². The van der Waals surface area contributed by atoms with Gasteiger partial charge in [-0.05, 0) is 18.0 Å². The van der Waals surface area contributed by atoms with Gasteiger partial charge in [-0.25, -0.2) is 4.79 Å². The van der Waals surface area contributed by atoms with Crippen LogP contribution in [0.4, 0.5) is 0 Å². The summed E-state index contributed by atoms with van der Waals surface area (Å²) >= 11 is 0.939. The maximum Gasteiger partial charge on any atom is 0.301 e. The van der Waals surface area contributed by atoms with E-state index < -0.39 is 5.91 Å². The minimum Gasteiger partial charge on any atom is -0.265 e. The first-order valence-corrected chi connectivity index (χ1v) is 4.00.